The molecular weight excluding hydrogens is 282 g/mol. The summed E-state index contributed by atoms with van der Waals surface area (Å²) in [6.45, 7) is 6.92. The molecule has 0 saturated heterocycles. The van der Waals surface area contributed by atoms with Crippen LogP contribution in [0.4, 0.5) is 0 Å². The molecule has 1 amide bonds. The van der Waals surface area contributed by atoms with Gasteiger partial charge in [0.2, 0.25) is 6.29 Å². The second kappa shape index (κ2) is 9.50. The first-order valence-corrected chi connectivity index (χ1v) is 7.87. The molecule has 1 aliphatic rings. The van der Waals surface area contributed by atoms with Crippen molar-refractivity contribution in [3.8, 4) is 12.3 Å². The zero-order valence-electron chi connectivity index (χ0n) is 13.7. The Hall–Kier alpha value is -1.51. The Balaban J connectivity index is 2.96. The lowest BCUT2D eigenvalue weighted by atomic mass is 9.78. The molecule has 5 nitrogen and oxygen atoms in total. The molecule has 0 spiro atoms. The maximum absolute atomic E-state index is 12.1. The summed E-state index contributed by atoms with van der Waals surface area (Å²) in [5.41, 5.74) is 0. The quantitative estimate of drug-likeness (QED) is 0.669. The molecule has 1 aliphatic heterocycles. The molecule has 0 fully saturated rings. The highest BCUT2D eigenvalue weighted by molar-refractivity contribution is 5.91. The van der Waals surface area contributed by atoms with Crippen LogP contribution in [-0.2, 0) is 14.3 Å². The lowest BCUT2D eigenvalue weighted by Gasteiger charge is -2.38. The SMILES string of the molecule is C#CCNC(=O)C1=C[C@H](C(C)C)[C@H](CCCO)[C@H](OCC)O1. The topological polar surface area (TPSA) is 67.8 Å². The lowest BCUT2D eigenvalue weighted by molar-refractivity contribution is -0.175. The zero-order chi connectivity index (χ0) is 16.5. The maximum Gasteiger partial charge on any atom is 0.286 e. The van der Waals surface area contributed by atoms with Gasteiger partial charge in [-0.1, -0.05) is 19.8 Å². The van der Waals surface area contributed by atoms with Crippen molar-refractivity contribution in [1.29, 1.82) is 0 Å². The second-order valence-electron chi connectivity index (χ2n) is 5.71. The third-order valence-electron chi connectivity index (χ3n) is 3.80. The van der Waals surface area contributed by atoms with Gasteiger partial charge in [0.25, 0.3) is 5.91 Å². The lowest BCUT2D eigenvalue weighted by Crippen LogP contribution is -2.41. The predicted octanol–water partition coefficient (Wildman–Crippen LogP) is 1.67. The van der Waals surface area contributed by atoms with E-state index in [1.54, 1.807) is 0 Å². The Labute approximate surface area is 133 Å². The standard InChI is InChI=1S/C17H27NO4/c1-5-9-18-16(20)15-11-14(12(3)4)13(8-7-10-19)17(22-15)21-6-2/h1,11-14,17,19H,6-10H2,2-4H3,(H,18,20)/t13-,14+,17+/m0/s1. The van der Waals surface area contributed by atoms with Crippen LogP contribution >= 0.6 is 0 Å². The summed E-state index contributed by atoms with van der Waals surface area (Å²) in [5.74, 6) is 2.95. The fraction of sp³-hybridized carbons (Fsp3) is 0.706. The van der Waals surface area contributed by atoms with Crippen molar-refractivity contribution in [2.24, 2.45) is 17.8 Å². The second-order valence-corrected chi connectivity index (χ2v) is 5.71. The number of nitrogens with one attached hydrogen (secondary N) is 1. The third kappa shape index (κ3) is 5.04. The predicted molar refractivity (Wildman–Crippen MR) is 84.6 cm³/mol. The molecule has 2 N–H and O–H groups in total. The van der Waals surface area contributed by atoms with E-state index in [0.717, 1.165) is 6.42 Å². The number of hydrogen-bond acceptors (Lipinski definition) is 4. The van der Waals surface area contributed by atoms with E-state index in [4.69, 9.17) is 21.0 Å². The van der Waals surface area contributed by atoms with Crippen molar-refractivity contribution < 1.29 is 19.4 Å². The number of allylic oxidation sites excluding steroid dienone is 1. The summed E-state index contributed by atoms with van der Waals surface area (Å²) in [6.07, 6.45) is 8.04. The summed E-state index contributed by atoms with van der Waals surface area (Å²) < 4.78 is 11.4. The van der Waals surface area contributed by atoms with E-state index in [-0.39, 0.29) is 36.7 Å². The van der Waals surface area contributed by atoms with Gasteiger partial charge in [-0.25, -0.2) is 0 Å². The molecule has 0 unspecified atom stereocenters. The Kier molecular flexibility index (Phi) is 8.00. The molecule has 0 radical (unpaired) electrons. The van der Waals surface area contributed by atoms with Crippen LogP contribution in [0.5, 0.6) is 0 Å². The Bertz CT molecular complexity index is 425. The summed E-state index contributed by atoms with van der Waals surface area (Å²) in [6, 6.07) is 0. The highest BCUT2D eigenvalue weighted by Gasteiger charge is 2.38. The van der Waals surface area contributed by atoms with Gasteiger partial charge in [-0.2, -0.15) is 0 Å². The fourth-order valence-electron chi connectivity index (χ4n) is 2.74. The van der Waals surface area contributed by atoms with Gasteiger partial charge in [-0.3, -0.25) is 4.79 Å². The van der Waals surface area contributed by atoms with E-state index in [0.29, 0.717) is 18.9 Å². The van der Waals surface area contributed by atoms with E-state index in [9.17, 15) is 4.79 Å². The highest BCUT2D eigenvalue weighted by Crippen LogP contribution is 2.36. The number of amides is 1. The van der Waals surface area contributed by atoms with Gasteiger partial charge < -0.3 is 19.9 Å². The van der Waals surface area contributed by atoms with Crippen molar-refractivity contribution in [3.05, 3.63) is 11.8 Å². The summed E-state index contributed by atoms with van der Waals surface area (Å²) >= 11 is 0. The van der Waals surface area contributed by atoms with Crippen LogP contribution in [0.3, 0.4) is 0 Å². The third-order valence-corrected chi connectivity index (χ3v) is 3.80. The van der Waals surface area contributed by atoms with Gasteiger partial charge >= 0.3 is 0 Å². The zero-order valence-corrected chi connectivity index (χ0v) is 13.7. The maximum atomic E-state index is 12.1. The first-order valence-electron chi connectivity index (χ1n) is 7.87. The molecule has 124 valence electrons. The van der Waals surface area contributed by atoms with Crippen molar-refractivity contribution >= 4 is 5.91 Å². The van der Waals surface area contributed by atoms with Crippen molar-refractivity contribution in [1.82, 2.24) is 5.32 Å². The largest absolute Gasteiger partial charge is 0.459 e. The van der Waals surface area contributed by atoms with Gasteiger partial charge in [0.15, 0.2) is 5.76 Å². The van der Waals surface area contributed by atoms with E-state index in [1.807, 2.05) is 13.0 Å². The first-order chi connectivity index (χ1) is 10.5. The minimum Gasteiger partial charge on any atom is -0.459 e. The molecule has 0 aromatic heterocycles. The average molecular weight is 309 g/mol. The molecule has 0 bridgehead atoms. The number of hydrogen-bond donors (Lipinski definition) is 2. The fourth-order valence-corrected chi connectivity index (χ4v) is 2.74. The first kappa shape index (κ1) is 18.5. The molecule has 0 aromatic rings. The smallest absolute Gasteiger partial charge is 0.286 e. The van der Waals surface area contributed by atoms with Crippen molar-refractivity contribution in [3.63, 3.8) is 0 Å². The number of rotatable bonds is 8. The van der Waals surface area contributed by atoms with Crippen LogP contribution in [0.1, 0.15) is 33.6 Å². The van der Waals surface area contributed by atoms with Gasteiger partial charge in [0, 0.05) is 19.1 Å². The number of carbonyl (C=O) groups is 1. The van der Waals surface area contributed by atoms with Crippen molar-refractivity contribution in [2.75, 3.05) is 19.8 Å². The van der Waals surface area contributed by atoms with Crippen LogP contribution in [0, 0.1) is 30.1 Å². The molecule has 22 heavy (non-hydrogen) atoms. The molecule has 3 atom stereocenters. The van der Waals surface area contributed by atoms with Crippen LogP contribution in [0.25, 0.3) is 0 Å². The Morgan fingerprint density at radius 2 is 2.32 bits per heavy atom. The van der Waals surface area contributed by atoms with Gasteiger partial charge in [-0.05, 0) is 37.7 Å². The summed E-state index contributed by atoms with van der Waals surface area (Å²) in [7, 11) is 0. The summed E-state index contributed by atoms with van der Waals surface area (Å²) in [5, 5.41) is 11.7. The van der Waals surface area contributed by atoms with E-state index in [2.05, 4.69) is 25.1 Å². The highest BCUT2D eigenvalue weighted by atomic mass is 16.7. The van der Waals surface area contributed by atoms with Gasteiger partial charge in [0.05, 0.1) is 6.54 Å². The monoisotopic (exact) mass is 309 g/mol. The van der Waals surface area contributed by atoms with E-state index >= 15 is 0 Å². The number of terminal acetylenes is 1. The molecule has 0 saturated carbocycles. The van der Waals surface area contributed by atoms with E-state index < -0.39 is 6.29 Å². The molecule has 5 heteroatoms. The van der Waals surface area contributed by atoms with Crippen LogP contribution in [-0.4, -0.2) is 37.1 Å². The van der Waals surface area contributed by atoms with Crippen LogP contribution in [0.2, 0.25) is 0 Å². The molecule has 1 heterocycles. The summed E-state index contributed by atoms with van der Waals surface area (Å²) in [4.78, 5) is 12.1. The number of aliphatic hydroxyl groups excluding tert-OH is 1. The van der Waals surface area contributed by atoms with Crippen LogP contribution < -0.4 is 5.32 Å². The minimum atomic E-state index is -0.472. The Morgan fingerprint density at radius 3 is 2.86 bits per heavy atom. The van der Waals surface area contributed by atoms with Gasteiger partial charge in [-0.15, -0.1) is 6.42 Å². The molecule has 0 aliphatic carbocycles. The number of ether oxygens (including phenoxy) is 2. The molecule has 0 aromatic carbocycles. The van der Waals surface area contributed by atoms with Crippen LogP contribution in [0.15, 0.2) is 11.8 Å². The average Bonchev–Trinajstić information content (AvgIpc) is 2.50. The number of aliphatic hydroxyl groups is 1. The normalized spacial score (nSPS) is 24.4. The number of carbonyl (C=O) groups excluding carboxylic acids is 1. The minimum absolute atomic E-state index is 0.122. The molecule has 1 rings (SSSR count). The van der Waals surface area contributed by atoms with E-state index in [1.165, 1.54) is 0 Å². The molecular formula is C17H27NO4. The Morgan fingerprint density at radius 1 is 1.59 bits per heavy atom. The van der Waals surface area contributed by atoms with Gasteiger partial charge in [0.1, 0.15) is 0 Å². The van der Waals surface area contributed by atoms with Crippen molar-refractivity contribution in [2.45, 2.75) is 39.9 Å².